The third-order valence-electron chi connectivity index (χ3n) is 5.25. The van der Waals surface area contributed by atoms with Crippen LogP contribution in [0.1, 0.15) is 18.1 Å². The Bertz CT molecular complexity index is 1230. The van der Waals surface area contributed by atoms with Gasteiger partial charge in [0, 0.05) is 31.4 Å². The zero-order valence-electron chi connectivity index (χ0n) is 19.5. The van der Waals surface area contributed by atoms with Crippen molar-refractivity contribution >= 4 is 17.7 Å². The summed E-state index contributed by atoms with van der Waals surface area (Å²) in [5.74, 6) is 2.11. The second-order valence-corrected chi connectivity index (χ2v) is 7.88. The Balaban J connectivity index is 1.53. The Morgan fingerprint density at radius 3 is 2.53 bits per heavy atom. The predicted molar refractivity (Wildman–Crippen MR) is 133 cm³/mol. The van der Waals surface area contributed by atoms with Gasteiger partial charge in [-0.15, -0.1) is 0 Å². The molecule has 0 radical (unpaired) electrons. The van der Waals surface area contributed by atoms with E-state index in [0.717, 1.165) is 17.5 Å². The molecule has 9 heteroatoms. The third kappa shape index (κ3) is 5.62. The molecule has 9 nitrogen and oxygen atoms in total. The van der Waals surface area contributed by atoms with E-state index in [0.29, 0.717) is 30.1 Å². The molecule has 4 aromatic rings. The molecule has 2 aromatic carbocycles. The molecule has 0 saturated heterocycles. The first-order chi connectivity index (χ1) is 16.6. The van der Waals surface area contributed by atoms with E-state index in [-0.39, 0.29) is 12.1 Å². The summed E-state index contributed by atoms with van der Waals surface area (Å²) < 4.78 is 5.31. The molecule has 174 valence electrons. The number of ether oxygens (including phenoxy) is 1. The third-order valence-corrected chi connectivity index (χ3v) is 5.25. The molecule has 0 aliphatic rings. The fourth-order valence-electron chi connectivity index (χ4n) is 3.52. The molecule has 0 aliphatic heterocycles. The Labute approximate surface area is 199 Å². The Kier molecular flexibility index (Phi) is 7.24. The minimum atomic E-state index is 0.121. The van der Waals surface area contributed by atoms with E-state index >= 15 is 0 Å². The van der Waals surface area contributed by atoms with Crippen LogP contribution in [-0.4, -0.2) is 45.1 Å². The second-order valence-electron chi connectivity index (χ2n) is 7.88. The van der Waals surface area contributed by atoms with E-state index < -0.39 is 0 Å². The first kappa shape index (κ1) is 23.1. The Hall–Kier alpha value is -4.11. The van der Waals surface area contributed by atoms with Crippen molar-refractivity contribution in [1.29, 1.82) is 0 Å². The molecular weight excluding hydrogens is 428 g/mol. The van der Waals surface area contributed by atoms with Gasteiger partial charge in [0.15, 0.2) is 5.82 Å². The van der Waals surface area contributed by atoms with E-state index in [1.807, 2.05) is 49.5 Å². The van der Waals surface area contributed by atoms with Crippen molar-refractivity contribution in [1.82, 2.24) is 24.9 Å². The van der Waals surface area contributed by atoms with E-state index in [1.54, 1.807) is 17.2 Å². The molecule has 0 aliphatic carbocycles. The van der Waals surface area contributed by atoms with Crippen LogP contribution in [0.4, 0.5) is 17.7 Å². The first-order valence-electron chi connectivity index (χ1n) is 11.0. The summed E-state index contributed by atoms with van der Waals surface area (Å²) >= 11 is 0. The van der Waals surface area contributed by atoms with Crippen molar-refractivity contribution in [2.24, 2.45) is 5.73 Å². The van der Waals surface area contributed by atoms with Gasteiger partial charge in [-0.25, -0.2) is 4.98 Å². The van der Waals surface area contributed by atoms with E-state index in [2.05, 4.69) is 49.3 Å². The van der Waals surface area contributed by atoms with Crippen LogP contribution < -0.4 is 20.7 Å². The van der Waals surface area contributed by atoms with Gasteiger partial charge in [-0.1, -0.05) is 54.6 Å². The molecule has 2 aromatic heterocycles. The summed E-state index contributed by atoms with van der Waals surface area (Å²) in [5.41, 5.74) is 8.96. The van der Waals surface area contributed by atoms with Gasteiger partial charge in [0.1, 0.15) is 5.82 Å². The lowest BCUT2D eigenvalue weighted by Crippen LogP contribution is -2.21. The highest BCUT2D eigenvalue weighted by Crippen LogP contribution is 2.24. The van der Waals surface area contributed by atoms with Crippen LogP contribution in [0.15, 0.2) is 66.9 Å². The van der Waals surface area contributed by atoms with Crippen LogP contribution in [0.5, 0.6) is 6.01 Å². The van der Waals surface area contributed by atoms with Crippen molar-refractivity contribution in [3.8, 4) is 17.4 Å². The van der Waals surface area contributed by atoms with Crippen LogP contribution in [0.3, 0.4) is 0 Å². The molecule has 0 amide bonds. The quantitative estimate of drug-likeness (QED) is 0.390. The molecule has 2 heterocycles. The molecule has 34 heavy (non-hydrogen) atoms. The van der Waals surface area contributed by atoms with Crippen LogP contribution in [0, 0.1) is 0 Å². The largest absolute Gasteiger partial charge is 0.467 e. The average Bonchev–Trinajstić information content (AvgIpc) is 2.88. The number of methoxy groups -OCH3 is 1. The van der Waals surface area contributed by atoms with Gasteiger partial charge in [-0.05, 0) is 30.5 Å². The van der Waals surface area contributed by atoms with Crippen LogP contribution in [-0.2, 0) is 13.0 Å². The van der Waals surface area contributed by atoms with E-state index in [1.165, 1.54) is 12.7 Å². The van der Waals surface area contributed by atoms with E-state index in [4.69, 9.17) is 10.5 Å². The maximum Gasteiger partial charge on any atom is 0.321 e. The van der Waals surface area contributed by atoms with Gasteiger partial charge in [-0.2, -0.15) is 19.9 Å². The number of benzene rings is 2. The molecule has 0 unspecified atom stereocenters. The van der Waals surface area contributed by atoms with Gasteiger partial charge in [-0.3, -0.25) is 4.90 Å². The second kappa shape index (κ2) is 10.7. The molecular formula is C25H28N8O. The highest BCUT2D eigenvalue weighted by Gasteiger charge is 2.16. The average molecular weight is 457 g/mol. The van der Waals surface area contributed by atoms with Crippen molar-refractivity contribution in [3.05, 3.63) is 78.0 Å². The van der Waals surface area contributed by atoms with Gasteiger partial charge >= 0.3 is 6.01 Å². The van der Waals surface area contributed by atoms with Crippen molar-refractivity contribution < 1.29 is 4.74 Å². The highest BCUT2D eigenvalue weighted by atomic mass is 16.5. The van der Waals surface area contributed by atoms with Crippen molar-refractivity contribution in [2.75, 3.05) is 24.4 Å². The molecule has 3 N–H and O–H groups in total. The van der Waals surface area contributed by atoms with E-state index in [9.17, 15) is 0 Å². The van der Waals surface area contributed by atoms with Gasteiger partial charge in [0.05, 0.1) is 7.11 Å². The SMILES string of the molecule is COc1nc(-c2ccccc2)nc(N(C)c2ccnc(N[C@@H](C)Cc3cccc(CN)c3)n2)n1. The number of nitrogens with zero attached hydrogens (tertiary/aromatic N) is 6. The molecule has 4 rings (SSSR count). The summed E-state index contributed by atoms with van der Waals surface area (Å²) in [6, 6.07) is 20.1. The topological polar surface area (TPSA) is 115 Å². The maximum atomic E-state index is 5.76. The van der Waals surface area contributed by atoms with Crippen LogP contribution in [0.25, 0.3) is 11.4 Å². The lowest BCUT2D eigenvalue weighted by Gasteiger charge is -2.19. The smallest absolute Gasteiger partial charge is 0.321 e. The molecule has 0 spiro atoms. The molecule has 0 saturated carbocycles. The lowest BCUT2D eigenvalue weighted by atomic mass is 10.0. The summed E-state index contributed by atoms with van der Waals surface area (Å²) in [7, 11) is 3.38. The number of nitrogens with two attached hydrogens (primary N) is 1. The van der Waals surface area contributed by atoms with Crippen LogP contribution >= 0.6 is 0 Å². The zero-order chi connectivity index (χ0) is 23.9. The fourth-order valence-corrected chi connectivity index (χ4v) is 3.52. The number of nitrogens with one attached hydrogen (secondary N) is 1. The number of aromatic nitrogens is 5. The summed E-state index contributed by atoms with van der Waals surface area (Å²) in [6.07, 6.45) is 2.53. The number of hydrogen-bond acceptors (Lipinski definition) is 9. The monoisotopic (exact) mass is 456 g/mol. The molecule has 0 bridgehead atoms. The van der Waals surface area contributed by atoms with Crippen molar-refractivity contribution in [2.45, 2.75) is 25.9 Å². The molecule has 0 fully saturated rings. The van der Waals surface area contributed by atoms with Crippen molar-refractivity contribution in [3.63, 3.8) is 0 Å². The Morgan fingerprint density at radius 1 is 0.971 bits per heavy atom. The van der Waals surface area contributed by atoms with Gasteiger partial charge in [0.25, 0.3) is 0 Å². The first-order valence-corrected chi connectivity index (χ1v) is 11.0. The zero-order valence-corrected chi connectivity index (χ0v) is 19.5. The highest BCUT2D eigenvalue weighted by molar-refractivity contribution is 5.59. The lowest BCUT2D eigenvalue weighted by molar-refractivity contribution is 0.379. The summed E-state index contributed by atoms with van der Waals surface area (Å²) in [6.45, 7) is 2.62. The van der Waals surface area contributed by atoms with Gasteiger partial charge in [0.2, 0.25) is 11.9 Å². The standard InChI is InChI=1S/C25H28N8O/c1-17(14-18-8-7-9-19(15-18)16-26)28-23-27-13-12-21(29-23)33(2)24-30-22(31-25(32-24)34-3)20-10-5-4-6-11-20/h4-13,15,17H,14,16,26H2,1-3H3,(H,27,28,29)/t17-/m0/s1. The van der Waals surface area contributed by atoms with Gasteiger partial charge < -0.3 is 15.8 Å². The minimum Gasteiger partial charge on any atom is -0.467 e. The van der Waals surface area contributed by atoms with Crippen LogP contribution in [0.2, 0.25) is 0 Å². The summed E-state index contributed by atoms with van der Waals surface area (Å²) in [4.78, 5) is 24.2. The summed E-state index contributed by atoms with van der Waals surface area (Å²) in [5, 5.41) is 3.38. The predicted octanol–water partition coefficient (Wildman–Crippen LogP) is 3.61. The number of anilines is 3. The minimum absolute atomic E-state index is 0.121. The Morgan fingerprint density at radius 2 is 1.76 bits per heavy atom. The maximum absolute atomic E-state index is 5.76. The normalized spacial score (nSPS) is 11.6. The number of hydrogen-bond donors (Lipinski definition) is 2. The number of rotatable bonds is 9. The molecule has 1 atom stereocenters. The fraction of sp³-hybridized carbons (Fsp3) is 0.240.